The second-order valence-electron chi connectivity index (χ2n) is 6.04. The van der Waals surface area contributed by atoms with Crippen LogP contribution in [0.5, 0.6) is 0 Å². The van der Waals surface area contributed by atoms with Crippen molar-refractivity contribution in [3.8, 4) is 11.5 Å². The third-order valence-corrected chi connectivity index (χ3v) is 6.13. The fourth-order valence-electron chi connectivity index (χ4n) is 2.94. The van der Waals surface area contributed by atoms with Crippen molar-refractivity contribution >= 4 is 21.4 Å². The smallest absolute Gasteiger partial charge is 0.247 e. The van der Waals surface area contributed by atoms with Gasteiger partial charge in [0.05, 0.1) is 18.1 Å². The molecule has 0 N–H and O–H groups in total. The van der Waals surface area contributed by atoms with Gasteiger partial charge in [-0.05, 0) is 43.7 Å². The molecule has 1 unspecified atom stereocenters. The van der Waals surface area contributed by atoms with E-state index in [-0.39, 0.29) is 17.5 Å². The lowest BCUT2D eigenvalue weighted by Gasteiger charge is -2.25. The molecule has 24 heavy (non-hydrogen) atoms. The molecule has 1 aromatic heterocycles. The van der Waals surface area contributed by atoms with Gasteiger partial charge in [0.25, 0.3) is 0 Å². The molecule has 1 saturated heterocycles. The molecule has 2 heterocycles. The molecule has 0 spiro atoms. The van der Waals surface area contributed by atoms with Gasteiger partial charge in [-0.25, -0.2) is 8.42 Å². The summed E-state index contributed by atoms with van der Waals surface area (Å²) >= 11 is 5.88. The molecule has 0 amide bonds. The summed E-state index contributed by atoms with van der Waals surface area (Å²) in [5.74, 6) is 1.41. The molecule has 1 fully saturated rings. The Morgan fingerprint density at radius 1 is 1.29 bits per heavy atom. The van der Waals surface area contributed by atoms with Crippen LogP contribution in [0, 0.1) is 0 Å². The van der Waals surface area contributed by atoms with Crippen molar-refractivity contribution in [2.75, 3.05) is 18.1 Å². The zero-order chi connectivity index (χ0) is 17.2. The van der Waals surface area contributed by atoms with Gasteiger partial charge in [0, 0.05) is 16.6 Å². The number of sulfone groups is 1. The molecule has 1 aliphatic rings. The van der Waals surface area contributed by atoms with E-state index in [4.69, 9.17) is 16.0 Å². The van der Waals surface area contributed by atoms with Crippen LogP contribution in [0.3, 0.4) is 0 Å². The second-order valence-corrected chi connectivity index (χ2v) is 8.70. The quantitative estimate of drug-likeness (QED) is 0.779. The number of hydrogen-bond donors (Lipinski definition) is 0. The van der Waals surface area contributed by atoms with Crippen LogP contribution in [0.2, 0.25) is 5.02 Å². The van der Waals surface area contributed by atoms with Gasteiger partial charge >= 0.3 is 0 Å². The maximum atomic E-state index is 11.7. The van der Waals surface area contributed by atoms with Gasteiger partial charge < -0.3 is 4.42 Å². The molecule has 0 aliphatic carbocycles. The monoisotopic (exact) mass is 369 g/mol. The molecule has 0 radical (unpaired) electrons. The van der Waals surface area contributed by atoms with Gasteiger partial charge in [0.15, 0.2) is 9.84 Å². The summed E-state index contributed by atoms with van der Waals surface area (Å²) in [5, 5.41) is 8.83. The predicted octanol–water partition coefficient (Wildman–Crippen LogP) is 2.79. The zero-order valence-corrected chi connectivity index (χ0v) is 15.1. The molecule has 1 aromatic carbocycles. The van der Waals surface area contributed by atoms with E-state index in [1.54, 1.807) is 12.1 Å². The van der Waals surface area contributed by atoms with Gasteiger partial charge in [-0.15, -0.1) is 10.2 Å². The maximum absolute atomic E-state index is 11.7. The third kappa shape index (κ3) is 4.15. The van der Waals surface area contributed by atoms with Crippen molar-refractivity contribution in [2.45, 2.75) is 32.4 Å². The van der Waals surface area contributed by atoms with Gasteiger partial charge in [-0.3, -0.25) is 4.90 Å². The van der Waals surface area contributed by atoms with E-state index >= 15 is 0 Å². The van der Waals surface area contributed by atoms with Gasteiger partial charge in [-0.1, -0.05) is 18.5 Å². The number of halogens is 1. The topological polar surface area (TPSA) is 76.3 Å². The van der Waals surface area contributed by atoms with Crippen molar-refractivity contribution in [1.29, 1.82) is 0 Å². The van der Waals surface area contributed by atoms with Crippen molar-refractivity contribution in [1.82, 2.24) is 15.1 Å². The highest BCUT2D eigenvalue weighted by Crippen LogP contribution is 2.23. The van der Waals surface area contributed by atoms with Crippen molar-refractivity contribution < 1.29 is 12.8 Å². The average molecular weight is 370 g/mol. The minimum Gasteiger partial charge on any atom is -0.419 e. The lowest BCUT2D eigenvalue weighted by molar-refractivity contribution is 0.185. The van der Waals surface area contributed by atoms with Crippen LogP contribution < -0.4 is 0 Å². The standard InChI is InChI=1S/C16H20ClN3O3S/c1-2-8-20(14-7-9-24(21,22)11-14)10-15-18-19-16(23-15)12-3-5-13(17)6-4-12/h3-6,14H,2,7-11H2,1H3. The van der Waals surface area contributed by atoms with Gasteiger partial charge in [0.2, 0.25) is 11.8 Å². The third-order valence-electron chi connectivity index (χ3n) is 4.13. The van der Waals surface area contributed by atoms with Crippen LogP contribution in [0.1, 0.15) is 25.7 Å². The molecule has 2 aromatic rings. The number of benzene rings is 1. The Kier molecular flexibility index (Phi) is 5.22. The van der Waals surface area contributed by atoms with E-state index in [1.807, 2.05) is 12.1 Å². The van der Waals surface area contributed by atoms with Crippen molar-refractivity contribution in [2.24, 2.45) is 0 Å². The van der Waals surface area contributed by atoms with Crippen LogP contribution in [-0.2, 0) is 16.4 Å². The minimum atomic E-state index is -2.91. The second kappa shape index (κ2) is 7.21. The van der Waals surface area contributed by atoms with Crippen LogP contribution in [0.4, 0.5) is 0 Å². The first-order valence-corrected chi connectivity index (χ1v) is 10.2. The minimum absolute atomic E-state index is 0.0285. The SMILES string of the molecule is CCCN(Cc1nnc(-c2ccc(Cl)cc2)o1)C1CCS(=O)(=O)C1. The lowest BCUT2D eigenvalue weighted by Crippen LogP contribution is -2.36. The summed E-state index contributed by atoms with van der Waals surface area (Å²) in [5.41, 5.74) is 0.809. The van der Waals surface area contributed by atoms with Crippen molar-refractivity contribution in [3.63, 3.8) is 0 Å². The number of rotatable bonds is 6. The molecule has 3 rings (SSSR count). The Morgan fingerprint density at radius 3 is 2.67 bits per heavy atom. The van der Waals surface area contributed by atoms with E-state index in [2.05, 4.69) is 22.0 Å². The molecule has 1 atom stereocenters. The summed E-state index contributed by atoms with van der Waals surface area (Å²) in [7, 11) is -2.91. The molecule has 8 heteroatoms. The molecule has 0 bridgehead atoms. The summed E-state index contributed by atoms with van der Waals surface area (Å²) in [6.45, 7) is 3.34. The maximum Gasteiger partial charge on any atom is 0.247 e. The van der Waals surface area contributed by atoms with Crippen LogP contribution >= 0.6 is 11.6 Å². The van der Waals surface area contributed by atoms with Crippen LogP contribution in [-0.4, -0.2) is 47.6 Å². The number of aromatic nitrogens is 2. The molecular formula is C16H20ClN3O3S. The largest absolute Gasteiger partial charge is 0.419 e. The first kappa shape index (κ1) is 17.4. The highest BCUT2D eigenvalue weighted by Gasteiger charge is 2.32. The summed E-state index contributed by atoms with van der Waals surface area (Å²) in [6.07, 6.45) is 1.61. The van der Waals surface area contributed by atoms with Gasteiger partial charge in [0.1, 0.15) is 0 Å². The fourth-order valence-corrected chi connectivity index (χ4v) is 4.83. The number of hydrogen-bond acceptors (Lipinski definition) is 6. The summed E-state index contributed by atoms with van der Waals surface area (Å²) in [4.78, 5) is 2.13. The predicted molar refractivity (Wildman–Crippen MR) is 92.5 cm³/mol. The Labute approximate surface area is 146 Å². The Morgan fingerprint density at radius 2 is 2.04 bits per heavy atom. The summed E-state index contributed by atoms with van der Waals surface area (Å²) < 4.78 is 29.2. The highest BCUT2D eigenvalue weighted by molar-refractivity contribution is 7.91. The normalized spacial score (nSPS) is 19.9. The first-order valence-electron chi connectivity index (χ1n) is 7.99. The first-order chi connectivity index (χ1) is 11.5. The molecule has 1 aliphatic heterocycles. The van der Waals surface area contributed by atoms with Gasteiger partial charge in [-0.2, -0.15) is 0 Å². The van der Waals surface area contributed by atoms with E-state index in [1.165, 1.54) is 0 Å². The Hall–Kier alpha value is -1.44. The average Bonchev–Trinajstić information content (AvgIpc) is 3.14. The summed E-state index contributed by atoms with van der Waals surface area (Å²) in [6, 6.07) is 7.22. The van der Waals surface area contributed by atoms with E-state index < -0.39 is 9.84 Å². The molecular weight excluding hydrogens is 350 g/mol. The van der Waals surface area contributed by atoms with E-state index in [0.29, 0.717) is 29.8 Å². The zero-order valence-electron chi connectivity index (χ0n) is 13.5. The van der Waals surface area contributed by atoms with Crippen molar-refractivity contribution in [3.05, 3.63) is 35.2 Å². The Bertz CT molecular complexity index is 789. The molecule has 0 saturated carbocycles. The molecule has 130 valence electrons. The lowest BCUT2D eigenvalue weighted by atomic mass is 10.2. The highest BCUT2D eigenvalue weighted by atomic mass is 35.5. The van der Waals surface area contributed by atoms with Crippen LogP contribution in [0.25, 0.3) is 11.5 Å². The van der Waals surface area contributed by atoms with Crippen LogP contribution in [0.15, 0.2) is 28.7 Å². The number of nitrogens with zero attached hydrogens (tertiary/aromatic N) is 3. The molecule has 6 nitrogen and oxygen atoms in total. The van der Waals surface area contributed by atoms with E-state index in [9.17, 15) is 8.42 Å². The fraction of sp³-hybridized carbons (Fsp3) is 0.500. The Balaban J connectivity index is 1.72. The van der Waals surface area contributed by atoms with E-state index in [0.717, 1.165) is 18.5 Å².